The quantitative estimate of drug-likeness (QED) is 0.763. The van der Waals surface area contributed by atoms with E-state index < -0.39 is 0 Å². The molecule has 0 radical (unpaired) electrons. The van der Waals surface area contributed by atoms with E-state index >= 15 is 0 Å². The van der Waals surface area contributed by atoms with Crippen LogP contribution in [0.2, 0.25) is 0 Å². The highest BCUT2D eigenvalue weighted by molar-refractivity contribution is 6.05. The lowest BCUT2D eigenvalue weighted by Gasteiger charge is -2.13. The predicted octanol–water partition coefficient (Wildman–Crippen LogP) is 3.15. The van der Waals surface area contributed by atoms with Gasteiger partial charge in [0.2, 0.25) is 0 Å². The average molecular weight is 311 g/mol. The molecule has 0 unspecified atom stereocenters. The van der Waals surface area contributed by atoms with Crippen LogP contribution in [0.4, 0.5) is 5.69 Å². The minimum atomic E-state index is -0.162. The van der Waals surface area contributed by atoms with Crippen molar-refractivity contribution in [1.82, 2.24) is 19.7 Å². The van der Waals surface area contributed by atoms with Crippen molar-refractivity contribution in [2.75, 3.05) is 5.32 Å². The molecule has 0 atom stereocenters. The number of aromatic amines is 1. The van der Waals surface area contributed by atoms with Crippen LogP contribution in [0, 0.1) is 6.92 Å². The van der Waals surface area contributed by atoms with E-state index in [1.54, 1.807) is 17.9 Å². The summed E-state index contributed by atoms with van der Waals surface area (Å²) in [6.07, 6.45) is 1.72. The van der Waals surface area contributed by atoms with Crippen molar-refractivity contribution in [3.63, 3.8) is 0 Å². The Kier molecular flexibility index (Phi) is 3.47. The topological polar surface area (TPSA) is 75.6 Å². The van der Waals surface area contributed by atoms with Gasteiger partial charge in [0.25, 0.3) is 5.91 Å². The second-order valence-electron chi connectivity index (χ2n) is 6.82. The zero-order chi connectivity index (χ0) is 16.8. The Morgan fingerprint density at radius 1 is 1.30 bits per heavy atom. The number of carbonyl (C=O) groups excluding carboxylic acids is 1. The molecule has 0 fully saturated rings. The van der Waals surface area contributed by atoms with Crippen LogP contribution in [-0.4, -0.2) is 25.7 Å². The molecule has 120 valence electrons. The van der Waals surface area contributed by atoms with Crippen molar-refractivity contribution in [3.8, 4) is 0 Å². The molecule has 0 aliphatic rings. The Bertz CT molecular complexity index is 882. The zero-order valence-electron chi connectivity index (χ0n) is 14.1. The normalized spacial score (nSPS) is 11.9. The van der Waals surface area contributed by atoms with Crippen molar-refractivity contribution in [1.29, 1.82) is 0 Å². The van der Waals surface area contributed by atoms with Gasteiger partial charge in [0.1, 0.15) is 5.82 Å². The van der Waals surface area contributed by atoms with E-state index in [1.807, 2.05) is 25.1 Å². The number of nitrogens with one attached hydrogen (secondary N) is 2. The largest absolute Gasteiger partial charge is 0.341 e. The highest BCUT2D eigenvalue weighted by Gasteiger charge is 2.18. The molecule has 3 rings (SSSR count). The third-order valence-corrected chi connectivity index (χ3v) is 3.71. The van der Waals surface area contributed by atoms with Crippen LogP contribution < -0.4 is 5.32 Å². The monoisotopic (exact) mass is 311 g/mol. The highest BCUT2D eigenvalue weighted by Crippen LogP contribution is 2.24. The van der Waals surface area contributed by atoms with Crippen LogP contribution >= 0.6 is 0 Å². The Labute approximate surface area is 134 Å². The fourth-order valence-corrected chi connectivity index (χ4v) is 2.46. The summed E-state index contributed by atoms with van der Waals surface area (Å²) < 4.78 is 1.64. The van der Waals surface area contributed by atoms with Gasteiger partial charge < -0.3 is 10.3 Å². The molecule has 6 nitrogen and oxygen atoms in total. The van der Waals surface area contributed by atoms with Gasteiger partial charge in [-0.15, -0.1) is 0 Å². The number of anilines is 1. The number of H-pyrrole nitrogens is 1. The maximum atomic E-state index is 12.4. The fourth-order valence-electron chi connectivity index (χ4n) is 2.46. The average Bonchev–Trinajstić information content (AvgIpc) is 3.01. The molecule has 0 aliphatic carbocycles. The molecule has 0 bridgehead atoms. The molecule has 2 N–H and O–H groups in total. The van der Waals surface area contributed by atoms with Gasteiger partial charge in [0, 0.05) is 24.3 Å². The number of rotatable bonds is 2. The summed E-state index contributed by atoms with van der Waals surface area (Å²) in [5, 5.41) is 7.11. The summed E-state index contributed by atoms with van der Waals surface area (Å²) in [5.41, 5.74) is 3.78. The van der Waals surface area contributed by atoms with E-state index in [1.165, 1.54) is 0 Å². The lowest BCUT2D eigenvalue weighted by atomic mass is 9.96. The van der Waals surface area contributed by atoms with Gasteiger partial charge in [-0.1, -0.05) is 20.8 Å². The molecule has 0 saturated heterocycles. The van der Waals surface area contributed by atoms with Gasteiger partial charge in [0.15, 0.2) is 0 Å². The summed E-state index contributed by atoms with van der Waals surface area (Å²) >= 11 is 0. The molecule has 2 aromatic heterocycles. The number of imidazole rings is 1. The Morgan fingerprint density at radius 2 is 2.04 bits per heavy atom. The third-order valence-electron chi connectivity index (χ3n) is 3.71. The molecule has 0 spiro atoms. The molecule has 3 aromatic rings. The number of hydrogen-bond donors (Lipinski definition) is 2. The number of hydrogen-bond acceptors (Lipinski definition) is 3. The van der Waals surface area contributed by atoms with Crippen LogP contribution in [0.1, 0.15) is 42.6 Å². The molecular weight excluding hydrogens is 290 g/mol. The van der Waals surface area contributed by atoms with E-state index in [0.717, 1.165) is 22.5 Å². The van der Waals surface area contributed by atoms with Crippen LogP contribution in [0.25, 0.3) is 11.0 Å². The van der Waals surface area contributed by atoms with Crippen molar-refractivity contribution in [3.05, 3.63) is 41.5 Å². The van der Waals surface area contributed by atoms with Crippen LogP contribution in [-0.2, 0) is 12.5 Å². The fraction of sp³-hybridized carbons (Fsp3) is 0.353. The summed E-state index contributed by atoms with van der Waals surface area (Å²) in [6.45, 7) is 8.15. The Balaban J connectivity index is 1.89. The first-order chi connectivity index (χ1) is 10.7. The van der Waals surface area contributed by atoms with E-state index in [0.29, 0.717) is 11.3 Å². The number of aryl methyl sites for hydroxylation is 2. The zero-order valence-corrected chi connectivity index (χ0v) is 14.1. The number of amides is 1. The summed E-state index contributed by atoms with van der Waals surface area (Å²) in [4.78, 5) is 20.3. The molecular formula is C17H21N5O. The second-order valence-corrected chi connectivity index (χ2v) is 6.82. The molecule has 0 aliphatic heterocycles. The summed E-state index contributed by atoms with van der Waals surface area (Å²) in [5.74, 6) is 0.768. The number of nitrogens with zero attached hydrogens (tertiary/aromatic N) is 3. The standard InChI is InChI=1S/C17H21N5O/c1-10-12(9-22(5)21-10)15(23)18-11-6-7-13-14(8-11)20-16(19-13)17(2,3)4/h6-9H,1-5H3,(H,18,23)(H,19,20). The van der Waals surface area contributed by atoms with Crippen molar-refractivity contribution in [2.45, 2.75) is 33.1 Å². The first kappa shape index (κ1) is 15.3. The van der Waals surface area contributed by atoms with Gasteiger partial charge in [-0.2, -0.15) is 5.10 Å². The smallest absolute Gasteiger partial charge is 0.259 e. The SMILES string of the molecule is Cc1nn(C)cc1C(=O)Nc1ccc2nc(C(C)(C)C)[nH]c2c1. The lowest BCUT2D eigenvalue weighted by molar-refractivity contribution is 0.102. The minimum Gasteiger partial charge on any atom is -0.341 e. The van der Waals surface area contributed by atoms with Crippen molar-refractivity contribution >= 4 is 22.6 Å². The maximum absolute atomic E-state index is 12.4. The number of benzene rings is 1. The molecule has 0 saturated carbocycles. The Hall–Kier alpha value is -2.63. The summed E-state index contributed by atoms with van der Waals surface area (Å²) in [7, 11) is 1.80. The first-order valence-corrected chi connectivity index (χ1v) is 7.56. The van der Waals surface area contributed by atoms with Gasteiger partial charge in [-0.05, 0) is 25.1 Å². The second kappa shape index (κ2) is 5.22. The van der Waals surface area contributed by atoms with Crippen LogP contribution in [0.15, 0.2) is 24.4 Å². The third kappa shape index (κ3) is 2.97. The molecule has 1 amide bonds. The minimum absolute atomic E-state index is 0.0464. The Morgan fingerprint density at radius 3 is 2.65 bits per heavy atom. The number of carbonyl (C=O) groups is 1. The van der Waals surface area contributed by atoms with Crippen molar-refractivity contribution < 1.29 is 4.79 Å². The van der Waals surface area contributed by atoms with Gasteiger partial charge >= 0.3 is 0 Å². The highest BCUT2D eigenvalue weighted by atomic mass is 16.1. The molecule has 6 heteroatoms. The maximum Gasteiger partial charge on any atom is 0.259 e. The van der Waals surface area contributed by atoms with E-state index in [4.69, 9.17) is 0 Å². The van der Waals surface area contributed by atoms with E-state index in [-0.39, 0.29) is 11.3 Å². The van der Waals surface area contributed by atoms with Gasteiger partial charge in [-0.25, -0.2) is 4.98 Å². The summed E-state index contributed by atoms with van der Waals surface area (Å²) in [6, 6.07) is 5.67. The van der Waals surface area contributed by atoms with E-state index in [2.05, 4.69) is 41.2 Å². The van der Waals surface area contributed by atoms with Gasteiger partial charge in [-0.3, -0.25) is 9.48 Å². The lowest BCUT2D eigenvalue weighted by Crippen LogP contribution is -2.13. The van der Waals surface area contributed by atoms with Gasteiger partial charge in [0.05, 0.1) is 22.3 Å². The first-order valence-electron chi connectivity index (χ1n) is 7.56. The van der Waals surface area contributed by atoms with Crippen LogP contribution in [0.5, 0.6) is 0 Å². The molecule has 2 heterocycles. The van der Waals surface area contributed by atoms with Crippen LogP contribution in [0.3, 0.4) is 0 Å². The predicted molar refractivity (Wildman–Crippen MR) is 90.7 cm³/mol. The number of aromatic nitrogens is 4. The molecule has 23 heavy (non-hydrogen) atoms. The van der Waals surface area contributed by atoms with Crippen molar-refractivity contribution in [2.24, 2.45) is 7.05 Å². The van der Waals surface area contributed by atoms with E-state index in [9.17, 15) is 4.79 Å². The molecule has 1 aromatic carbocycles. The number of fused-ring (bicyclic) bond motifs is 1.